The van der Waals surface area contributed by atoms with Crippen LogP contribution in [0.2, 0.25) is 0 Å². The third-order valence-corrected chi connectivity index (χ3v) is 2.74. The SMILES string of the molecule is CNc1ccc(C(=O)NCCOCCOCCN=[N+]=[N-])cc1. The Kier molecular flexibility index (Phi) is 9.20. The minimum atomic E-state index is -0.128. The van der Waals surface area contributed by atoms with Gasteiger partial charge in [-0.1, -0.05) is 5.11 Å². The fourth-order valence-corrected chi connectivity index (χ4v) is 1.60. The maximum atomic E-state index is 11.8. The number of hydrogen-bond acceptors (Lipinski definition) is 5. The molecule has 120 valence electrons. The van der Waals surface area contributed by atoms with Gasteiger partial charge in [-0.2, -0.15) is 0 Å². The summed E-state index contributed by atoms with van der Waals surface area (Å²) < 4.78 is 10.5. The van der Waals surface area contributed by atoms with Crippen LogP contribution in [0.15, 0.2) is 29.4 Å². The van der Waals surface area contributed by atoms with Crippen molar-refractivity contribution in [3.63, 3.8) is 0 Å². The summed E-state index contributed by atoms with van der Waals surface area (Å²) in [5.74, 6) is -0.128. The van der Waals surface area contributed by atoms with Crippen LogP contribution in [0.25, 0.3) is 10.4 Å². The molecule has 1 amide bonds. The quantitative estimate of drug-likeness (QED) is 0.281. The molecule has 0 bridgehead atoms. The molecule has 8 heteroatoms. The Morgan fingerprint density at radius 2 is 1.86 bits per heavy atom. The number of azide groups is 1. The summed E-state index contributed by atoms with van der Waals surface area (Å²) in [5.41, 5.74) is 9.63. The van der Waals surface area contributed by atoms with E-state index in [-0.39, 0.29) is 5.91 Å². The van der Waals surface area contributed by atoms with Crippen LogP contribution in [0.4, 0.5) is 5.69 Å². The molecule has 0 heterocycles. The number of carbonyl (C=O) groups excluding carboxylic acids is 1. The first-order valence-corrected chi connectivity index (χ1v) is 7.00. The summed E-state index contributed by atoms with van der Waals surface area (Å²) in [4.78, 5) is 14.4. The molecule has 0 unspecified atom stereocenters. The summed E-state index contributed by atoms with van der Waals surface area (Å²) in [5, 5.41) is 9.11. The van der Waals surface area contributed by atoms with E-state index in [1.807, 2.05) is 19.2 Å². The van der Waals surface area contributed by atoms with E-state index in [4.69, 9.17) is 15.0 Å². The van der Waals surface area contributed by atoms with Gasteiger partial charge in [-0.05, 0) is 29.8 Å². The zero-order valence-electron chi connectivity index (χ0n) is 12.6. The van der Waals surface area contributed by atoms with E-state index in [0.717, 1.165) is 5.69 Å². The average Bonchev–Trinajstić information content (AvgIpc) is 2.56. The van der Waals surface area contributed by atoms with Gasteiger partial charge in [-0.15, -0.1) is 0 Å². The molecular formula is C14H21N5O3. The number of benzene rings is 1. The van der Waals surface area contributed by atoms with Gasteiger partial charge in [0.2, 0.25) is 0 Å². The van der Waals surface area contributed by atoms with Crippen molar-refractivity contribution >= 4 is 11.6 Å². The minimum Gasteiger partial charge on any atom is -0.388 e. The summed E-state index contributed by atoms with van der Waals surface area (Å²) in [6.45, 7) is 2.42. The predicted molar refractivity (Wildman–Crippen MR) is 84.0 cm³/mol. The lowest BCUT2D eigenvalue weighted by atomic mass is 10.2. The average molecular weight is 307 g/mol. The standard InChI is InChI=1S/C14H21N5O3/c1-16-13-4-2-12(3-5-13)14(20)17-6-8-21-10-11-22-9-7-18-19-15/h2-5,16H,6-11H2,1H3,(H,17,20). The topological polar surface area (TPSA) is 108 Å². The van der Waals surface area contributed by atoms with Gasteiger partial charge in [0, 0.05) is 36.3 Å². The van der Waals surface area contributed by atoms with Gasteiger partial charge in [-0.25, -0.2) is 0 Å². The molecule has 0 aliphatic heterocycles. The van der Waals surface area contributed by atoms with Crippen molar-refractivity contribution in [3.05, 3.63) is 40.3 Å². The fourth-order valence-electron chi connectivity index (χ4n) is 1.60. The van der Waals surface area contributed by atoms with E-state index in [1.165, 1.54) is 0 Å². The maximum Gasteiger partial charge on any atom is 0.251 e. The second-order valence-corrected chi connectivity index (χ2v) is 4.26. The number of rotatable bonds is 11. The third kappa shape index (κ3) is 7.49. The highest BCUT2D eigenvalue weighted by Crippen LogP contribution is 2.08. The lowest BCUT2D eigenvalue weighted by Gasteiger charge is -2.07. The summed E-state index contributed by atoms with van der Waals surface area (Å²) in [6, 6.07) is 7.22. The number of carbonyl (C=O) groups is 1. The molecule has 0 aromatic heterocycles. The van der Waals surface area contributed by atoms with Crippen LogP contribution in [0.3, 0.4) is 0 Å². The number of amides is 1. The third-order valence-electron chi connectivity index (χ3n) is 2.74. The first-order chi connectivity index (χ1) is 10.8. The Balaban J connectivity index is 2.04. The Hall–Kier alpha value is -2.28. The Morgan fingerprint density at radius 1 is 1.18 bits per heavy atom. The molecule has 0 fully saturated rings. The summed E-state index contributed by atoms with van der Waals surface area (Å²) >= 11 is 0. The minimum absolute atomic E-state index is 0.128. The number of ether oxygens (including phenoxy) is 2. The zero-order chi connectivity index (χ0) is 16.0. The number of nitrogens with one attached hydrogen (secondary N) is 2. The Bertz CT molecular complexity index is 486. The Morgan fingerprint density at radius 3 is 2.50 bits per heavy atom. The van der Waals surface area contributed by atoms with E-state index >= 15 is 0 Å². The molecule has 22 heavy (non-hydrogen) atoms. The van der Waals surface area contributed by atoms with Crippen LogP contribution in [0, 0.1) is 0 Å². The fraction of sp³-hybridized carbons (Fsp3) is 0.500. The maximum absolute atomic E-state index is 11.8. The van der Waals surface area contributed by atoms with Crippen molar-refractivity contribution in [2.45, 2.75) is 0 Å². The number of anilines is 1. The highest BCUT2D eigenvalue weighted by Gasteiger charge is 2.03. The molecule has 0 radical (unpaired) electrons. The second kappa shape index (κ2) is 11.4. The van der Waals surface area contributed by atoms with Crippen LogP contribution in [0.5, 0.6) is 0 Å². The van der Waals surface area contributed by atoms with Crippen molar-refractivity contribution in [1.29, 1.82) is 0 Å². The van der Waals surface area contributed by atoms with Gasteiger partial charge in [0.1, 0.15) is 0 Å². The van der Waals surface area contributed by atoms with Crippen LogP contribution in [-0.4, -0.2) is 52.5 Å². The second-order valence-electron chi connectivity index (χ2n) is 4.26. The van der Waals surface area contributed by atoms with Crippen molar-refractivity contribution < 1.29 is 14.3 Å². The molecule has 2 N–H and O–H groups in total. The molecule has 1 aromatic rings. The van der Waals surface area contributed by atoms with Crippen molar-refractivity contribution in [2.24, 2.45) is 5.11 Å². The summed E-state index contributed by atoms with van der Waals surface area (Å²) in [6.07, 6.45) is 0. The molecular weight excluding hydrogens is 286 g/mol. The molecule has 0 spiro atoms. The van der Waals surface area contributed by atoms with Gasteiger partial charge < -0.3 is 20.1 Å². The van der Waals surface area contributed by atoms with E-state index in [0.29, 0.717) is 45.1 Å². The van der Waals surface area contributed by atoms with Gasteiger partial charge in [0.15, 0.2) is 0 Å². The van der Waals surface area contributed by atoms with E-state index in [9.17, 15) is 4.79 Å². The highest BCUT2D eigenvalue weighted by atomic mass is 16.5. The smallest absolute Gasteiger partial charge is 0.251 e. The molecule has 0 aliphatic rings. The molecule has 8 nitrogen and oxygen atoms in total. The van der Waals surface area contributed by atoms with Crippen LogP contribution in [0.1, 0.15) is 10.4 Å². The van der Waals surface area contributed by atoms with Gasteiger partial charge in [-0.3, -0.25) is 4.79 Å². The van der Waals surface area contributed by atoms with Crippen molar-refractivity contribution in [3.8, 4) is 0 Å². The molecule has 1 aromatic carbocycles. The van der Waals surface area contributed by atoms with Crippen LogP contribution in [-0.2, 0) is 9.47 Å². The van der Waals surface area contributed by atoms with Gasteiger partial charge in [0.25, 0.3) is 5.91 Å². The van der Waals surface area contributed by atoms with E-state index in [1.54, 1.807) is 12.1 Å². The molecule has 0 saturated heterocycles. The number of nitrogens with zero attached hydrogens (tertiary/aromatic N) is 3. The van der Waals surface area contributed by atoms with Gasteiger partial charge in [0.05, 0.1) is 26.4 Å². The van der Waals surface area contributed by atoms with E-state index in [2.05, 4.69) is 20.7 Å². The lowest BCUT2D eigenvalue weighted by molar-refractivity contribution is 0.0511. The molecule has 0 aliphatic carbocycles. The molecule has 1 rings (SSSR count). The summed E-state index contributed by atoms with van der Waals surface area (Å²) in [7, 11) is 1.83. The lowest BCUT2D eigenvalue weighted by Crippen LogP contribution is -2.27. The highest BCUT2D eigenvalue weighted by molar-refractivity contribution is 5.94. The first-order valence-electron chi connectivity index (χ1n) is 7.00. The molecule has 0 atom stereocenters. The van der Waals surface area contributed by atoms with E-state index < -0.39 is 0 Å². The zero-order valence-corrected chi connectivity index (χ0v) is 12.6. The largest absolute Gasteiger partial charge is 0.388 e. The van der Waals surface area contributed by atoms with Crippen LogP contribution >= 0.6 is 0 Å². The normalized spacial score (nSPS) is 9.86. The number of hydrogen-bond donors (Lipinski definition) is 2. The predicted octanol–water partition coefficient (Wildman–Crippen LogP) is 1.80. The monoisotopic (exact) mass is 307 g/mol. The first kappa shape index (κ1) is 17.8. The Labute approximate surface area is 129 Å². The van der Waals surface area contributed by atoms with Crippen molar-refractivity contribution in [1.82, 2.24) is 5.32 Å². The van der Waals surface area contributed by atoms with Gasteiger partial charge >= 0.3 is 0 Å². The van der Waals surface area contributed by atoms with Crippen molar-refractivity contribution in [2.75, 3.05) is 51.9 Å². The molecule has 0 saturated carbocycles. The van der Waals surface area contributed by atoms with Crippen LogP contribution < -0.4 is 10.6 Å².